The summed E-state index contributed by atoms with van der Waals surface area (Å²) >= 11 is 0. The molecule has 1 saturated heterocycles. The van der Waals surface area contributed by atoms with Gasteiger partial charge in [0.25, 0.3) is 5.91 Å². The number of amides is 3. The number of hydrogen-bond acceptors (Lipinski definition) is 6. The highest BCUT2D eigenvalue weighted by atomic mass is 19.4. The normalized spacial score (nSPS) is 14.4. The molecular weight excluding hydrogens is 544 g/mol. The van der Waals surface area contributed by atoms with Crippen molar-refractivity contribution in [2.24, 2.45) is 0 Å². The van der Waals surface area contributed by atoms with Crippen LogP contribution in [0.1, 0.15) is 27.2 Å². The molecule has 3 aromatic rings. The number of aromatic nitrogens is 1. The molecule has 0 aliphatic carbocycles. The van der Waals surface area contributed by atoms with Crippen molar-refractivity contribution in [3.05, 3.63) is 76.9 Å². The lowest BCUT2D eigenvalue weighted by Gasteiger charge is -2.33. The average Bonchev–Trinajstić information content (AvgIpc) is 2.94. The number of likely N-dealkylation sites (N-methyl/N-ethyl adjacent to an activating group) is 1. The van der Waals surface area contributed by atoms with Gasteiger partial charge in [0.1, 0.15) is 17.2 Å². The number of urea groups is 1. The van der Waals surface area contributed by atoms with Gasteiger partial charge >= 0.3 is 12.2 Å². The number of carbonyl (C=O) groups is 2. The summed E-state index contributed by atoms with van der Waals surface area (Å²) in [6, 6.07) is 8.27. The number of anilines is 2. The fraction of sp³-hybridized carbons (Fsp3) is 0.321. The van der Waals surface area contributed by atoms with Crippen LogP contribution in [0.4, 0.5) is 33.7 Å². The second kappa shape index (κ2) is 12.5. The van der Waals surface area contributed by atoms with Crippen LogP contribution in [0.5, 0.6) is 11.5 Å². The molecule has 0 unspecified atom stereocenters. The number of nitrogens with zero attached hydrogens (tertiary/aromatic N) is 3. The molecular formula is C28H30F4N6O3. The van der Waals surface area contributed by atoms with E-state index in [1.807, 2.05) is 11.9 Å². The summed E-state index contributed by atoms with van der Waals surface area (Å²) in [7, 11) is 3.42. The standard InChI is InChI=1S/C28H30F4N6O3/c1-17-24(41-20-8-9-34-23(15-20)26(39)33-2)7-6-22(25(17)29)36-27(40)35-19-5-4-18(21(14-19)28(30,31)32)16-38-12-10-37(3)11-13-38/h4-9,14-15H,10-13,16H2,1-3H3,(H,33,39)(H2,35,36,40). The van der Waals surface area contributed by atoms with Crippen molar-refractivity contribution in [2.45, 2.75) is 19.6 Å². The van der Waals surface area contributed by atoms with Gasteiger partial charge in [0.05, 0.1) is 11.3 Å². The third-order valence-electron chi connectivity index (χ3n) is 6.67. The Labute approximate surface area is 234 Å². The Morgan fingerprint density at radius 3 is 2.44 bits per heavy atom. The van der Waals surface area contributed by atoms with Gasteiger partial charge in [-0.2, -0.15) is 13.2 Å². The largest absolute Gasteiger partial charge is 0.457 e. The summed E-state index contributed by atoms with van der Waals surface area (Å²) in [5.41, 5.74) is -0.835. The molecule has 9 nitrogen and oxygen atoms in total. The van der Waals surface area contributed by atoms with Gasteiger partial charge in [0, 0.05) is 63.3 Å². The first-order valence-electron chi connectivity index (χ1n) is 12.8. The topological polar surface area (TPSA) is 98.8 Å². The first-order chi connectivity index (χ1) is 19.4. The lowest BCUT2D eigenvalue weighted by atomic mass is 10.0. The highest BCUT2D eigenvalue weighted by molar-refractivity contribution is 6.00. The SMILES string of the molecule is CNC(=O)c1cc(Oc2ccc(NC(=O)Nc3ccc(CN4CCN(C)CC4)c(C(F)(F)F)c3)c(F)c2C)ccn1. The average molecular weight is 575 g/mol. The minimum atomic E-state index is -4.62. The third-order valence-corrected chi connectivity index (χ3v) is 6.67. The monoisotopic (exact) mass is 574 g/mol. The number of benzene rings is 2. The first kappa shape index (κ1) is 29.7. The Morgan fingerprint density at radius 1 is 1.02 bits per heavy atom. The van der Waals surface area contributed by atoms with Crippen molar-refractivity contribution in [1.82, 2.24) is 20.1 Å². The van der Waals surface area contributed by atoms with Crippen molar-refractivity contribution in [3.8, 4) is 11.5 Å². The number of carbonyl (C=O) groups excluding carboxylic acids is 2. The Kier molecular flexibility index (Phi) is 9.08. The van der Waals surface area contributed by atoms with Gasteiger partial charge in [0.15, 0.2) is 5.82 Å². The van der Waals surface area contributed by atoms with E-state index >= 15 is 4.39 Å². The van der Waals surface area contributed by atoms with E-state index in [9.17, 15) is 22.8 Å². The van der Waals surface area contributed by atoms with Gasteiger partial charge in [-0.3, -0.25) is 14.7 Å². The quantitative estimate of drug-likeness (QED) is 0.340. The van der Waals surface area contributed by atoms with E-state index in [1.165, 1.54) is 56.6 Å². The van der Waals surface area contributed by atoms with Crippen molar-refractivity contribution in [1.29, 1.82) is 0 Å². The molecule has 1 aliphatic rings. The number of alkyl halides is 3. The van der Waals surface area contributed by atoms with Gasteiger partial charge in [-0.15, -0.1) is 0 Å². The highest BCUT2D eigenvalue weighted by Gasteiger charge is 2.34. The number of rotatable bonds is 7. The minimum Gasteiger partial charge on any atom is -0.457 e. The molecule has 3 amide bonds. The van der Waals surface area contributed by atoms with Crippen molar-refractivity contribution < 1.29 is 31.9 Å². The van der Waals surface area contributed by atoms with Gasteiger partial charge in [-0.05, 0) is 49.9 Å². The molecule has 218 valence electrons. The predicted molar refractivity (Wildman–Crippen MR) is 146 cm³/mol. The van der Waals surface area contributed by atoms with Gasteiger partial charge < -0.3 is 25.6 Å². The van der Waals surface area contributed by atoms with Gasteiger partial charge in [-0.25, -0.2) is 9.18 Å². The fourth-order valence-electron chi connectivity index (χ4n) is 4.32. The van der Waals surface area contributed by atoms with E-state index in [0.717, 1.165) is 19.2 Å². The smallest absolute Gasteiger partial charge is 0.416 e. The summed E-state index contributed by atoms with van der Waals surface area (Å²) in [6.07, 6.45) is -3.25. The van der Waals surface area contributed by atoms with Gasteiger partial charge in [0.2, 0.25) is 0 Å². The summed E-state index contributed by atoms with van der Waals surface area (Å²) < 4.78 is 62.4. The van der Waals surface area contributed by atoms with Crippen LogP contribution in [0, 0.1) is 12.7 Å². The molecule has 41 heavy (non-hydrogen) atoms. The molecule has 4 rings (SSSR count). The first-order valence-corrected chi connectivity index (χ1v) is 12.8. The van der Waals surface area contributed by atoms with Gasteiger partial charge in [-0.1, -0.05) is 6.07 Å². The molecule has 0 radical (unpaired) electrons. The minimum absolute atomic E-state index is 0.0636. The van der Waals surface area contributed by atoms with Crippen LogP contribution in [0.2, 0.25) is 0 Å². The van der Waals surface area contributed by atoms with Crippen LogP contribution in [0.25, 0.3) is 0 Å². The molecule has 1 aliphatic heterocycles. The molecule has 1 aromatic heterocycles. The Balaban J connectivity index is 1.45. The lowest BCUT2D eigenvalue weighted by molar-refractivity contribution is -0.138. The van der Waals surface area contributed by atoms with E-state index in [2.05, 4.69) is 25.8 Å². The van der Waals surface area contributed by atoms with Crippen molar-refractivity contribution in [3.63, 3.8) is 0 Å². The molecule has 3 N–H and O–H groups in total. The van der Waals surface area contributed by atoms with E-state index < -0.39 is 29.5 Å². The third kappa shape index (κ3) is 7.50. The number of piperazine rings is 1. The zero-order chi connectivity index (χ0) is 29.7. The molecule has 1 fully saturated rings. The summed E-state index contributed by atoms with van der Waals surface area (Å²) in [5, 5.41) is 7.12. The number of hydrogen-bond donors (Lipinski definition) is 3. The van der Waals surface area contributed by atoms with E-state index in [4.69, 9.17) is 4.74 Å². The lowest BCUT2D eigenvalue weighted by Crippen LogP contribution is -2.44. The zero-order valence-corrected chi connectivity index (χ0v) is 22.7. The Bertz CT molecular complexity index is 1420. The summed E-state index contributed by atoms with van der Waals surface area (Å²) in [6.45, 7) is 4.43. The molecule has 2 heterocycles. The number of nitrogens with one attached hydrogen (secondary N) is 3. The van der Waals surface area contributed by atoms with E-state index in [-0.39, 0.29) is 46.2 Å². The molecule has 0 spiro atoms. The van der Waals surface area contributed by atoms with Crippen LogP contribution < -0.4 is 20.7 Å². The summed E-state index contributed by atoms with van der Waals surface area (Å²) in [5.74, 6) is -0.836. The molecule has 0 atom stereocenters. The maximum Gasteiger partial charge on any atom is 0.416 e. The number of pyridine rings is 1. The second-order valence-corrected chi connectivity index (χ2v) is 9.64. The number of ether oxygens (including phenoxy) is 1. The van der Waals surface area contributed by atoms with Crippen LogP contribution in [-0.4, -0.2) is 67.0 Å². The molecule has 2 aromatic carbocycles. The van der Waals surface area contributed by atoms with Crippen molar-refractivity contribution >= 4 is 23.3 Å². The molecule has 13 heteroatoms. The van der Waals surface area contributed by atoms with E-state index in [1.54, 1.807) is 0 Å². The fourth-order valence-corrected chi connectivity index (χ4v) is 4.32. The van der Waals surface area contributed by atoms with E-state index in [0.29, 0.717) is 13.1 Å². The Morgan fingerprint density at radius 2 is 1.76 bits per heavy atom. The Hall–Kier alpha value is -4.23. The zero-order valence-electron chi connectivity index (χ0n) is 22.7. The van der Waals surface area contributed by atoms with Crippen LogP contribution in [0.3, 0.4) is 0 Å². The van der Waals surface area contributed by atoms with Crippen molar-refractivity contribution in [2.75, 3.05) is 50.9 Å². The molecule has 0 bridgehead atoms. The van der Waals surface area contributed by atoms with Crippen LogP contribution >= 0.6 is 0 Å². The van der Waals surface area contributed by atoms with Crippen LogP contribution in [-0.2, 0) is 12.7 Å². The summed E-state index contributed by atoms with van der Waals surface area (Å²) in [4.78, 5) is 32.4. The second-order valence-electron chi connectivity index (χ2n) is 9.64. The highest BCUT2D eigenvalue weighted by Crippen LogP contribution is 2.35. The molecule has 0 saturated carbocycles. The maximum atomic E-state index is 15.1. The maximum absolute atomic E-state index is 15.1. The van der Waals surface area contributed by atoms with Crippen LogP contribution in [0.15, 0.2) is 48.7 Å². The predicted octanol–water partition coefficient (Wildman–Crippen LogP) is 5.09. The number of halogens is 4.